The Kier molecular flexibility index (Phi) is 5.16. The number of aliphatic hydroxyl groups is 2. The molecule has 4 aliphatic rings. The molecule has 3 unspecified atom stereocenters. The van der Waals surface area contributed by atoms with Crippen molar-refractivity contribution < 1.29 is 29.2 Å². The van der Waals surface area contributed by atoms with Crippen LogP contribution in [-0.4, -0.2) is 92.0 Å². The van der Waals surface area contributed by atoms with Crippen LogP contribution in [0.2, 0.25) is 0 Å². The number of rotatable bonds is 4. The summed E-state index contributed by atoms with van der Waals surface area (Å²) in [7, 11) is 0. The second-order valence-electron chi connectivity index (χ2n) is 10.3. The number of amides is 3. The Bertz CT molecular complexity index is 1450. The van der Waals surface area contributed by atoms with Crippen LogP contribution in [0.5, 0.6) is 0 Å². The van der Waals surface area contributed by atoms with Crippen LogP contribution in [0.4, 0.5) is 0 Å². The average molecular weight is 522 g/mol. The fraction of sp³-hybridized carbons (Fsp3) is 0.400. The topological polar surface area (TPSA) is 198 Å². The van der Waals surface area contributed by atoms with Crippen molar-refractivity contribution in [1.29, 1.82) is 0 Å². The van der Waals surface area contributed by atoms with E-state index in [0.717, 1.165) is 21.2 Å². The van der Waals surface area contributed by atoms with Gasteiger partial charge in [0.2, 0.25) is 23.3 Å². The van der Waals surface area contributed by atoms with Gasteiger partial charge in [0.15, 0.2) is 5.96 Å². The number of nitrogens with zero attached hydrogens (tertiary/aromatic N) is 3. The standard InChI is InChI=1S/C25H28N8O5/c1-12-5-6-14-13(9-12)3-2-4-15(14)21(36)29-17-11-33-23(27)28-16(10-32-18(34)7-8-19(32)35)20-24(33,25(17,37)38)31-22(26)30-20/h2-6,9,16-17,20,37-38H,7-8,10-11H2,1H3,(H6,26,27,28,29,30,31,36)/p+1/t16-,17?,20?,24?/m0/s1. The smallest absolute Gasteiger partial charge is 0.346 e. The molecule has 0 radical (unpaired) electrons. The number of carbonyl (C=O) groups excluding carboxylic acids is 3. The van der Waals surface area contributed by atoms with E-state index in [9.17, 15) is 24.6 Å². The van der Waals surface area contributed by atoms with E-state index < -0.39 is 35.5 Å². The molecule has 3 amide bonds. The zero-order chi connectivity index (χ0) is 27.0. The summed E-state index contributed by atoms with van der Waals surface area (Å²) in [6.45, 7) is 1.80. The summed E-state index contributed by atoms with van der Waals surface area (Å²) in [4.78, 5) is 43.5. The van der Waals surface area contributed by atoms with Gasteiger partial charge in [0.25, 0.3) is 5.91 Å². The Morgan fingerprint density at radius 2 is 1.95 bits per heavy atom. The highest BCUT2D eigenvalue weighted by Crippen LogP contribution is 2.41. The highest BCUT2D eigenvalue weighted by molar-refractivity contribution is 6.07. The van der Waals surface area contributed by atoms with Crippen molar-refractivity contribution in [2.24, 2.45) is 16.5 Å². The van der Waals surface area contributed by atoms with Crippen LogP contribution in [0.3, 0.4) is 0 Å². The monoisotopic (exact) mass is 521 g/mol. The molecule has 0 aliphatic carbocycles. The summed E-state index contributed by atoms with van der Waals surface area (Å²) in [6, 6.07) is 8.13. The number of nitrogens with one attached hydrogen (secondary N) is 3. The Morgan fingerprint density at radius 3 is 2.68 bits per heavy atom. The predicted molar refractivity (Wildman–Crippen MR) is 136 cm³/mol. The Balaban J connectivity index is 1.34. The number of aryl methyl sites for hydroxylation is 1. The van der Waals surface area contributed by atoms with Gasteiger partial charge in [-0.2, -0.15) is 0 Å². The predicted octanol–water partition coefficient (Wildman–Crippen LogP) is -2.63. The Hall–Kier alpha value is -4.23. The molecule has 2 aromatic carbocycles. The molecule has 1 spiro atoms. The quantitative estimate of drug-likeness (QED) is 0.128. The summed E-state index contributed by atoms with van der Waals surface area (Å²) in [5.41, 5.74) is 12.0. The zero-order valence-corrected chi connectivity index (χ0v) is 20.6. The van der Waals surface area contributed by atoms with Gasteiger partial charge < -0.3 is 26.6 Å². The third kappa shape index (κ3) is 3.28. The minimum Gasteiger partial charge on any atom is -0.370 e. The van der Waals surface area contributed by atoms with Crippen molar-refractivity contribution in [3.05, 3.63) is 47.5 Å². The first-order valence-corrected chi connectivity index (χ1v) is 12.4. The molecule has 38 heavy (non-hydrogen) atoms. The molecule has 198 valence electrons. The van der Waals surface area contributed by atoms with E-state index in [1.807, 2.05) is 31.2 Å². The number of carbonyl (C=O) groups is 3. The van der Waals surface area contributed by atoms with E-state index in [0.29, 0.717) is 5.56 Å². The summed E-state index contributed by atoms with van der Waals surface area (Å²) in [5.74, 6) is -3.75. The first-order valence-electron chi connectivity index (χ1n) is 12.4. The molecule has 13 nitrogen and oxygen atoms in total. The number of hydrogen-bond acceptors (Lipinski definition) is 10. The molecular formula is C25H29N8O5+. The molecule has 0 aromatic heterocycles. The molecule has 4 atom stereocenters. The number of benzene rings is 2. The van der Waals surface area contributed by atoms with Crippen molar-refractivity contribution in [3.63, 3.8) is 0 Å². The molecule has 9 N–H and O–H groups in total. The van der Waals surface area contributed by atoms with Crippen LogP contribution in [0.1, 0.15) is 28.8 Å². The van der Waals surface area contributed by atoms with Crippen LogP contribution >= 0.6 is 0 Å². The van der Waals surface area contributed by atoms with Gasteiger partial charge in [-0.3, -0.25) is 30.3 Å². The summed E-state index contributed by atoms with van der Waals surface area (Å²) < 4.78 is 1.47. The highest BCUT2D eigenvalue weighted by atomic mass is 16.5. The molecule has 4 heterocycles. The lowest BCUT2D eigenvalue weighted by atomic mass is 9.85. The van der Waals surface area contributed by atoms with Crippen molar-refractivity contribution in [1.82, 2.24) is 20.9 Å². The normalized spacial score (nSPS) is 29.6. The average Bonchev–Trinajstić information content (AvgIpc) is 3.46. The van der Waals surface area contributed by atoms with E-state index in [-0.39, 0.29) is 49.7 Å². The highest BCUT2D eigenvalue weighted by Gasteiger charge is 2.75. The second-order valence-corrected chi connectivity index (χ2v) is 10.3. The number of hydrogen-bond donors (Lipinski definition) is 7. The minimum absolute atomic E-state index is 0.0626. The first-order chi connectivity index (χ1) is 18.0. The fourth-order valence-electron chi connectivity index (χ4n) is 6.17. The molecule has 4 aliphatic heterocycles. The third-order valence-corrected chi connectivity index (χ3v) is 7.99. The maximum atomic E-state index is 13.4. The van der Waals surface area contributed by atoms with Crippen molar-refractivity contribution in [2.75, 3.05) is 13.1 Å². The van der Waals surface area contributed by atoms with Gasteiger partial charge in [0.1, 0.15) is 18.1 Å². The maximum Gasteiger partial charge on any atom is 0.346 e. The summed E-state index contributed by atoms with van der Waals surface area (Å²) in [5, 5.41) is 33.6. The van der Waals surface area contributed by atoms with E-state index >= 15 is 0 Å². The number of guanidine groups is 2. The largest absolute Gasteiger partial charge is 0.370 e. The lowest BCUT2D eigenvalue weighted by molar-refractivity contribution is -0.623. The van der Waals surface area contributed by atoms with Crippen LogP contribution in [0, 0.1) is 6.92 Å². The van der Waals surface area contributed by atoms with Gasteiger partial charge in [0.05, 0.1) is 13.1 Å². The fourth-order valence-corrected chi connectivity index (χ4v) is 6.17. The van der Waals surface area contributed by atoms with Crippen molar-refractivity contribution in [2.45, 2.75) is 49.3 Å². The van der Waals surface area contributed by atoms with Gasteiger partial charge >= 0.3 is 5.96 Å². The number of fused-ring (bicyclic) bond motifs is 1. The van der Waals surface area contributed by atoms with Crippen molar-refractivity contribution >= 4 is 40.4 Å². The number of likely N-dealkylation sites (tertiary alicyclic amines) is 1. The maximum absolute atomic E-state index is 13.4. The molecule has 2 aromatic rings. The van der Waals surface area contributed by atoms with E-state index in [2.05, 4.69) is 20.9 Å². The van der Waals surface area contributed by atoms with E-state index in [1.54, 1.807) is 12.1 Å². The number of aliphatic imine (C=N–C) groups is 1. The summed E-state index contributed by atoms with van der Waals surface area (Å²) >= 11 is 0. The zero-order valence-electron chi connectivity index (χ0n) is 20.6. The van der Waals surface area contributed by atoms with Gasteiger partial charge in [-0.25, -0.2) is 9.57 Å². The second kappa shape index (κ2) is 8.13. The van der Waals surface area contributed by atoms with Crippen LogP contribution in [0.15, 0.2) is 41.4 Å². The number of nitrogens with two attached hydrogens (primary N) is 2. The Morgan fingerprint density at radius 1 is 1.21 bits per heavy atom. The van der Waals surface area contributed by atoms with Gasteiger partial charge in [-0.1, -0.05) is 35.9 Å². The molecular weight excluding hydrogens is 492 g/mol. The first kappa shape index (κ1) is 24.1. The van der Waals surface area contributed by atoms with Crippen LogP contribution in [-0.2, 0) is 9.59 Å². The molecule has 2 saturated heterocycles. The molecule has 13 heteroatoms. The van der Waals surface area contributed by atoms with E-state index in [4.69, 9.17) is 11.5 Å². The molecule has 6 rings (SSSR count). The van der Waals surface area contributed by atoms with Crippen LogP contribution < -0.4 is 27.4 Å². The van der Waals surface area contributed by atoms with Crippen molar-refractivity contribution in [3.8, 4) is 0 Å². The molecule has 0 saturated carbocycles. The van der Waals surface area contributed by atoms with E-state index in [1.165, 1.54) is 4.58 Å². The van der Waals surface area contributed by atoms with Gasteiger partial charge in [0, 0.05) is 18.4 Å². The molecule has 0 bridgehead atoms. The summed E-state index contributed by atoms with van der Waals surface area (Å²) in [6.07, 6.45) is 0.226. The molecule has 2 fully saturated rings. The number of imide groups is 1. The lowest BCUT2D eigenvalue weighted by Gasteiger charge is -2.44. The lowest BCUT2D eigenvalue weighted by Crippen LogP contribution is -2.79. The third-order valence-electron chi connectivity index (χ3n) is 7.99. The van der Waals surface area contributed by atoms with Gasteiger partial charge in [-0.15, -0.1) is 0 Å². The van der Waals surface area contributed by atoms with Crippen LogP contribution in [0.25, 0.3) is 10.8 Å². The minimum atomic E-state index is -2.61. The SMILES string of the molecule is Cc1ccc2c(C(=O)NC3C[N+]4=C(N)N[C@@H](CN5C(=O)CCC5=O)C5N=C(N)NC54C3(O)O)cccc2c1. The Labute approximate surface area is 217 Å². The van der Waals surface area contributed by atoms with Gasteiger partial charge in [-0.05, 0) is 23.8 Å².